The monoisotopic (exact) mass is 228 g/mol. The van der Waals surface area contributed by atoms with E-state index < -0.39 is 0 Å². The molecule has 1 aliphatic carbocycles. The molecule has 0 radical (unpaired) electrons. The van der Waals surface area contributed by atoms with Crippen LogP contribution in [0.15, 0.2) is 59.3 Å². The van der Waals surface area contributed by atoms with E-state index in [0.29, 0.717) is 0 Å². The van der Waals surface area contributed by atoms with Gasteiger partial charge in [-0.05, 0) is 37.0 Å². The molecule has 0 spiro atoms. The smallest absolute Gasteiger partial charge is 0.0117 e. The predicted molar refractivity (Wildman–Crippen MR) is 77.9 cm³/mol. The number of allylic oxidation sites excluding steroid dienone is 9. The summed E-state index contributed by atoms with van der Waals surface area (Å²) in [5.41, 5.74) is 5.71. The molecule has 0 aliphatic heterocycles. The van der Waals surface area contributed by atoms with E-state index in [-0.39, 0.29) is 5.41 Å². The fraction of sp³-hybridized carbons (Fsp3) is 0.412. The molecule has 0 atom stereocenters. The molecule has 0 amide bonds. The first-order valence-corrected chi connectivity index (χ1v) is 6.41. The first-order chi connectivity index (χ1) is 8.04. The molecule has 0 bridgehead atoms. The molecule has 1 rings (SSSR count). The van der Waals surface area contributed by atoms with Crippen LogP contribution in [0.3, 0.4) is 0 Å². The summed E-state index contributed by atoms with van der Waals surface area (Å²) in [6, 6.07) is 0. The highest BCUT2D eigenvalue weighted by Gasteiger charge is 2.37. The van der Waals surface area contributed by atoms with Crippen LogP contribution in [0, 0.1) is 5.41 Å². The van der Waals surface area contributed by atoms with Gasteiger partial charge < -0.3 is 0 Å². The summed E-state index contributed by atoms with van der Waals surface area (Å²) in [5, 5.41) is 0. The zero-order valence-corrected chi connectivity index (χ0v) is 11.8. The van der Waals surface area contributed by atoms with Crippen LogP contribution in [0.4, 0.5) is 0 Å². The van der Waals surface area contributed by atoms with Gasteiger partial charge in [0.1, 0.15) is 0 Å². The third kappa shape index (κ3) is 2.22. The maximum atomic E-state index is 3.98. The fourth-order valence-electron chi connectivity index (χ4n) is 2.90. The van der Waals surface area contributed by atoms with Crippen molar-refractivity contribution in [3.63, 3.8) is 0 Å². The highest BCUT2D eigenvalue weighted by Crippen LogP contribution is 2.51. The minimum absolute atomic E-state index is 0.139. The fourth-order valence-corrected chi connectivity index (χ4v) is 2.90. The lowest BCUT2D eigenvalue weighted by Gasteiger charge is -2.24. The molecule has 0 saturated carbocycles. The van der Waals surface area contributed by atoms with Crippen LogP contribution < -0.4 is 0 Å². The SMILES string of the molecule is C=CC1=C(CC)C(C)(C)C(=C/C)/C1=C\C=C\C. The van der Waals surface area contributed by atoms with Gasteiger partial charge in [-0.3, -0.25) is 0 Å². The Morgan fingerprint density at radius 1 is 1.24 bits per heavy atom. The van der Waals surface area contributed by atoms with E-state index in [0.717, 1.165) is 6.42 Å². The molecule has 17 heavy (non-hydrogen) atoms. The summed E-state index contributed by atoms with van der Waals surface area (Å²) in [4.78, 5) is 0. The molecular weight excluding hydrogens is 204 g/mol. The van der Waals surface area contributed by atoms with Crippen LogP contribution in [0.1, 0.15) is 41.0 Å². The van der Waals surface area contributed by atoms with Crippen molar-refractivity contribution in [3.05, 3.63) is 59.3 Å². The van der Waals surface area contributed by atoms with Crippen LogP contribution >= 0.6 is 0 Å². The maximum absolute atomic E-state index is 3.98. The molecule has 0 N–H and O–H groups in total. The molecular formula is C17H24. The molecule has 0 heteroatoms. The third-order valence-electron chi connectivity index (χ3n) is 3.63. The van der Waals surface area contributed by atoms with E-state index in [1.54, 1.807) is 0 Å². The van der Waals surface area contributed by atoms with Crippen molar-refractivity contribution >= 4 is 0 Å². The zero-order chi connectivity index (χ0) is 13.1. The van der Waals surface area contributed by atoms with Crippen molar-refractivity contribution in [3.8, 4) is 0 Å². The molecule has 0 nitrogen and oxygen atoms in total. The Labute approximate surface area is 106 Å². The van der Waals surface area contributed by atoms with Crippen LogP contribution in [-0.2, 0) is 0 Å². The highest BCUT2D eigenvalue weighted by molar-refractivity contribution is 5.65. The van der Waals surface area contributed by atoms with E-state index in [9.17, 15) is 0 Å². The van der Waals surface area contributed by atoms with Crippen molar-refractivity contribution < 1.29 is 0 Å². The summed E-state index contributed by atoms with van der Waals surface area (Å²) in [5.74, 6) is 0. The molecule has 0 unspecified atom stereocenters. The van der Waals surface area contributed by atoms with Crippen molar-refractivity contribution in [1.82, 2.24) is 0 Å². The first kappa shape index (κ1) is 13.8. The van der Waals surface area contributed by atoms with Gasteiger partial charge in [0.15, 0.2) is 0 Å². The Kier molecular flexibility index (Phi) is 4.34. The molecule has 0 saturated heterocycles. The van der Waals surface area contributed by atoms with Crippen LogP contribution in [-0.4, -0.2) is 0 Å². The van der Waals surface area contributed by atoms with Crippen molar-refractivity contribution in [2.75, 3.05) is 0 Å². The van der Waals surface area contributed by atoms with Gasteiger partial charge >= 0.3 is 0 Å². The van der Waals surface area contributed by atoms with E-state index in [1.807, 2.05) is 13.0 Å². The average Bonchev–Trinajstić information content (AvgIpc) is 2.51. The molecule has 92 valence electrons. The summed E-state index contributed by atoms with van der Waals surface area (Å²) in [7, 11) is 0. The summed E-state index contributed by atoms with van der Waals surface area (Å²) >= 11 is 0. The second kappa shape index (κ2) is 5.35. The van der Waals surface area contributed by atoms with E-state index in [4.69, 9.17) is 0 Å². The van der Waals surface area contributed by atoms with Gasteiger partial charge in [0.25, 0.3) is 0 Å². The Morgan fingerprint density at radius 2 is 1.88 bits per heavy atom. The largest absolute Gasteiger partial charge is 0.0984 e. The van der Waals surface area contributed by atoms with Crippen molar-refractivity contribution in [1.29, 1.82) is 0 Å². The van der Waals surface area contributed by atoms with Gasteiger partial charge in [-0.15, -0.1) is 0 Å². The molecule has 0 fully saturated rings. The van der Waals surface area contributed by atoms with Crippen molar-refractivity contribution in [2.45, 2.75) is 41.0 Å². The van der Waals surface area contributed by atoms with Gasteiger partial charge in [-0.1, -0.05) is 63.3 Å². The van der Waals surface area contributed by atoms with Gasteiger partial charge in [-0.2, -0.15) is 0 Å². The molecule has 0 aromatic carbocycles. The lowest BCUT2D eigenvalue weighted by molar-refractivity contribution is 0.546. The Hall–Kier alpha value is -1.30. The summed E-state index contributed by atoms with van der Waals surface area (Å²) in [6.45, 7) is 15.0. The summed E-state index contributed by atoms with van der Waals surface area (Å²) in [6.07, 6.45) is 11.7. The van der Waals surface area contributed by atoms with Gasteiger partial charge in [0, 0.05) is 5.41 Å². The molecule has 0 aromatic rings. The minimum atomic E-state index is 0.139. The molecule has 0 aromatic heterocycles. The second-order valence-electron chi connectivity index (χ2n) is 4.88. The normalized spacial score (nSPS) is 24.3. The number of hydrogen-bond acceptors (Lipinski definition) is 0. The third-order valence-corrected chi connectivity index (χ3v) is 3.63. The Balaban J connectivity index is 3.49. The first-order valence-electron chi connectivity index (χ1n) is 6.41. The molecule has 0 heterocycles. The van der Waals surface area contributed by atoms with Crippen LogP contribution in [0.5, 0.6) is 0 Å². The standard InChI is InChI=1S/C17H24/c1-7-11-12-14-13(8-2)15(9-3)17(5,6)16(14)10-4/h7-8,10-12H,2,9H2,1,3-6H3/b11-7+,14-12-,16-10+. The lowest BCUT2D eigenvalue weighted by atomic mass is 9.79. The van der Waals surface area contributed by atoms with Gasteiger partial charge in [0.2, 0.25) is 0 Å². The summed E-state index contributed by atoms with van der Waals surface area (Å²) < 4.78 is 0. The minimum Gasteiger partial charge on any atom is -0.0984 e. The predicted octanol–water partition coefficient (Wildman–Crippen LogP) is 5.37. The highest BCUT2D eigenvalue weighted by atomic mass is 14.4. The van der Waals surface area contributed by atoms with Gasteiger partial charge in [-0.25, -0.2) is 0 Å². The average molecular weight is 228 g/mol. The second-order valence-corrected chi connectivity index (χ2v) is 4.88. The molecule has 1 aliphatic rings. The Bertz CT molecular complexity index is 423. The quantitative estimate of drug-likeness (QED) is 0.609. The zero-order valence-electron chi connectivity index (χ0n) is 11.8. The Morgan fingerprint density at radius 3 is 2.29 bits per heavy atom. The van der Waals surface area contributed by atoms with E-state index in [2.05, 4.69) is 58.6 Å². The van der Waals surface area contributed by atoms with E-state index in [1.165, 1.54) is 22.3 Å². The maximum Gasteiger partial charge on any atom is 0.0117 e. The van der Waals surface area contributed by atoms with Crippen LogP contribution in [0.25, 0.3) is 0 Å². The van der Waals surface area contributed by atoms with Crippen molar-refractivity contribution in [2.24, 2.45) is 5.41 Å². The number of hydrogen-bond donors (Lipinski definition) is 0. The van der Waals surface area contributed by atoms with Gasteiger partial charge in [0.05, 0.1) is 0 Å². The number of rotatable bonds is 3. The lowest BCUT2D eigenvalue weighted by Crippen LogP contribution is -2.12. The topological polar surface area (TPSA) is 0 Å². The van der Waals surface area contributed by atoms with E-state index >= 15 is 0 Å². The van der Waals surface area contributed by atoms with Crippen LogP contribution in [0.2, 0.25) is 0 Å².